The summed E-state index contributed by atoms with van der Waals surface area (Å²) in [7, 11) is -4.07. The van der Waals surface area contributed by atoms with E-state index in [0.717, 1.165) is 0 Å². The molecule has 0 bridgehead atoms. The lowest BCUT2D eigenvalue weighted by Gasteiger charge is -2.02. The molecule has 0 saturated carbocycles. The average molecular weight is 224 g/mol. The fourth-order valence-electron chi connectivity index (χ4n) is 0.470. The zero-order valence-electron chi connectivity index (χ0n) is 7.56. The Morgan fingerprint density at radius 2 is 2.21 bits per heavy atom. The summed E-state index contributed by atoms with van der Waals surface area (Å²) in [5, 5.41) is 13.0. The highest BCUT2D eigenvalue weighted by atomic mass is 32.2. The van der Waals surface area contributed by atoms with Crippen molar-refractivity contribution in [1.29, 1.82) is 0 Å². The van der Waals surface area contributed by atoms with Gasteiger partial charge in [0.25, 0.3) is 0 Å². The molecule has 0 aliphatic heterocycles. The second kappa shape index (κ2) is 5.58. The highest BCUT2D eigenvalue weighted by Crippen LogP contribution is 1.90. The van der Waals surface area contributed by atoms with Crippen LogP contribution in [-0.2, 0) is 14.9 Å². The van der Waals surface area contributed by atoms with Crippen LogP contribution < -0.4 is 9.86 Å². The Kier molecular flexibility index (Phi) is 5.13. The van der Waals surface area contributed by atoms with E-state index in [1.807, 2.05) is 0 Å². The minimum Gasteiger partial charge on any atom is -0.445 e. The SMILES string of the molecule is C/C(=C\COC(=O)NS(N)(=O)=O)CO. The van der Waals surface area contributed by atoms with Crippen LogP contribution in [0.3, 0.4) is 0 Å². The number of nitrogens with two attached hydrogens (primary N) is 1. The summed E-state index contributed by atoms with van der Waals surface area (Å²) in [4.78, 5) is 10.6. The van der Waals surface area contributed by atoms with Crippen molar-refractivity contribution in [1.82, 2.24) is 4.72 Å². The topological polar surface area (TPSA) is 119 Å². The van der Waals surface area contributed by atoms with E-state index in [2.05, 4.69) is 9.88 Å². The highest BCUT2D eigenvalue weighted by Gasteiger charge is 2.08. The summed E-state index contributed by atoms with van der Waals surface area (Å²) in [5.74, 6) is 0. The predicted molar refractivity (Wildman–Crippen MR) is 48.4 cm³/mol. The van der Waals surface area contributed by atoms with Gasteiger partial charge in [-0.1, -0.05) is 0 Å². The lowest BCUT2D eigenvalue weighted by molar-refractivity contribution is 0.164. The molecule has 0 aromatic carbocycles. The summed E-state index contributed by atoms with van der Waals surface area (Å²) in [6.07, 6.45) is 0.275. The first kappa shape index (κ1) is 12.9. The minimum absolute atomic E-state index is 0.131. The number of amides is 1. The first-order chi connectivity index (χ1) is 6.35. The van der Waals surface area contributed by atoms with Crippen LogP contribution in [0.5, 0.6) is 0 Å². The number of hydrogen-bond donors (Lipinski definition) is 3. The zero-order chi connectivity index (χ0) is 11.2. The van der Waals surface area contributed by atoms with Crippen LogP contribution in [0.15, 0.2) is 11.6 Å². The molecule has 0 radical (unpaired) electrons. The van der Waals surface area contributed by atoms with Crippen LogP contribution in [0.25, 0.3) is 0 Å². The largest absolute Gasteiger partial charge is 0.445 e. The third-order valence-electron chi connectivity index (χ3n) is 1.12. The van der Waals surface area contributed by atoms with E-state index >= 15 is 0 Å². The van der Waals surface area contributed by atoms with Gasteiger partial charge in [-0.15, -0.1) is 0 Å². The van der Waals surface area contributed by atoms with Crippen molar-refractivity contribution in [3.05, 3.63) is 11.6 Å². The van der Waals surface area contributed by atoms with E-state index in [1.54, 1.807) is 6.92 Å². The molecule has 0 aliphatic carbocycles. The molecule has 0 fully saturated rings. The van der Waals surface area contributed by atoms with Crippen molar-refractivity contribution in [3.63, 3.8) is 0 Å². The average Bonchev–Trinajstić information content (AvgIpc) is 2.00. The monoisotopic (exact) mass is 224 g/mol. The van der Waals surface area contributed by atoms with Crippen molar-refractivity contribution >= 4 is 16.3 Å². The molecule has 0 atom stereocenters. The van der Waals surface area contributed by atoms with Crippen LogP contribution in [0.2, 0.25) is 0 Å². The molecule has 7 nitrogen and oxygen atoms in total. The van der Waals surface area contributed by atoms with E-state index in [4.69, 9.17) is 5.11 Å². The van der Waals surface area contributed by atoms with Gasteiger partial charge in [0.15, 0.2) is 0 Å². The van der Waals surface area contributed by atoms with Crippen molar-refractivity contribution in [2.24, 2.45) is 5.14 Å². The highest BCUT2D eigenvalue weighted by molar-refractivity contribution is 7.87. The Labute approximate surface area is 81.7 Å². The van der Waals surface area contributed by atoms with E-state index < -0.39 is 16.3 Å². The van der Waals surface area contributed by atoms with E-state index in [9.17, 15) is 13.2 Å². The third kappa shape index (κ3) is 7.53. The summed E-state index contributed by atoms with van der Waals surface area (Å²) < 4.78 is 26.4. The molecule has 0 aromatic heterocycles. The van der Waals surface area contributed by atoms with E-state index in [-0.39, 0.29) is 13.2 Å². The number of carbonyl (C=O) groups is 1. The van der Waals surface area contributed by atoms with Gasteiger partial charge in [-0.3, -0.25) is 0 Å². The molecule has 0 saturated heterocycles. The molecule has 0 spiro atoms. The molecule has 0 aliphatic rings. The zero-order valence-corrected chi connectivity index (χ0v) is 8.37. The number of ether oxygens (including phenoxy) is 1. The summed E-state index contributed by atoms with van der Waals surface area (Å²) >= 11 is 0. The molecule has 8 heteroatoms. The van der Waals surface area contributed by atoms with Gasteiger partial charge in [0.2, 0.25) is 0 Å². The number of rotatable bonds is 4. The lowest BCUT2D eigenvalue weighted by Crippen LogP contribution is -2.36. The second-order valence-corrected chi connectivity index (χ2v) is 3.75. The molecular weight excluding hydrogens is 212 g/mol. The third-order valence-corrected chi connectivity index (χ3v) is 1.57. The predicted octanol–water partition coefficient (Wildman–Crippen LogP) is -1.15. The standard InChI is InChI=1S/C6H12N2O5S/c1-5(4-9)2-3-13-6(10)8-14(7,11)12/h2,9H,3-4H2,1H3,(H,8,10)(H2,7,11,12)/b5-2+. The maximum absolute atomic E-state index is 10.6. The lowest BCUT2D eigenvalue weighted by atomic mass is 10.3. The molecule has 82 valence electrons. The van der Waals surface area contributed by atoms with Gasteiger partial charge in [0, 0.05) is 0 Å². The number of aliphatic hydroxyl groups is 1. The van der Waals surface area contributed by atoms with Crippen LogP contribution in [0.1, 0.15) is 6.92 Å². The van der Waals surface area contributed by atoms with Crippen LogP contribution in [0, 0.1) is 0 Å². The van der Waals surface area contributed by atoms with Gasteiger partial charge < -0.3 is 9.84 Å². The van der Waals surface area contributed by atoms with E-state index in [1.165, 1.54) is 10.8 Å². The number of nitrogens with one attached hydrogen (secondary N) is 1. The number of carbonyl (C=O) groups excluding carboxylic acids is 1. The van der Waals surface area contributed by atoms with Gasteiger partial charge in [-0.2, -0.15) is 8.42 Å². The quantitative estimate of drug-likeness (QED) is 0.521. The van der Waals surface area contributed by atoms with E-state index in [0.29, 0.717) is 5.57 Å². The van der Waals surface area contributed by atoms with Gasteiger partial charge in [-0.05, 0) is 18.6 Å². The Balaban J connectivity index is 3.88. The van der Waals surface area contributed by atoms with Crippen LogP contribution in [0.4, 0.5) is 4.79 Å². The summed E-state index contributed by atoms with van der Waals surface area (Å²) in [6, 6.07) is 0. The Morgan fingerprint density at radius 3 is 2.64 bits per heavy atom. The fourth-order valence-corrected chi connectivity index (χ4v) is 0.761. The first-order valence-electron chi connectivity index (χ1n) is 3.59. The molecule has 0 rings (SSSR count). The van der Waals surface area contributed by atoms with Crippen molar-refractivity contribution in [3.8, 4) is 0 Å². The van der Waals surface area contributed by atoms with Gasteiger partial charge in [0.05, 0.1) is 6.61 Å². The maximum Gasteiger partial charge on any atom is 0.422 e. The fraction of sp³-hybridized carbons (Fsp3) is 0.500. The van der Waals surface area contributed by atoms with Gasteiger partial charge in [0.1, 0.15) is 6.61 Å². The molecule has 1 amide bonds. The molecule has 0 unspecified atom stereocenters. The Morgan fingerprint density at radius 1 is 1.64 bits per heavy atom. The van der Waals surface area contributed by atoms with Crippen LogP contribution >= 0.6 is 0 Å². The van der Waals surface area contributed by atoms with Gasteiger partial charge in [-0.25, -0.2) is 14.7 Å². The van der Waals surface area contributed by atoms with Crippen molar-refractivity contribution in [2.75, 3.05) is 13.2 Å². The minimum atomic E-state index is -4.07. The van der Waals surface area contributed by atoms with Crippen molar-refractivity contribution in [2.45, 2.75) is 6.92 Å². The molecular formula is C6H12N2O5S. The summed E-state index contributed by atoms with van der Waals surface area (Å²) in [6.45, 7) is 1.34. The smallest absolute Gasteiger partial charge is 0.422 e. The Bertz CT molecular complexity index is 321. The summed E-state index contributed by atoms with van der Waals surface area (Å²) in [5.41, 5.74) is 0.605. The molecule has 14 heavy (non-hydrogen) atoms. The number of hydrogen-bond acceptors (Lipinski definition) is 5. The second-order valence-electron chi connectivity index (χ2n) is 2.45. The number of aliphatic hydroxyl groups excluding tert-OH is 1. The first-order valence-corrected chi connectivity index (χ1v) is 5.13. The Hall–Kier alpha value is -1.12. The van der Waals surface area contributed by atoms with Crippen LogP contribution in [-0.4, -0.2) is 32.8 Å². The van der Waals surface area contributed by atoms with Crippen molar-refractivity contribution < 1.29 is 23.1 Å². The normalized spacial score (nSPS) is 12.4. The molecule has 0 heterocycles. The van der Waals surface area contributed by atoms with Gasteiger partial charge >= 0.3 is 16.3 Å². The molecule has 0 aromatic rings. The molecule has 4 N–H and O–H groups in total. The maximum atomic E-state index is 10.6.